The van der Waals surface area contributed by atoms with E-state index >= 15 is 0 Å². The molecule has 4 aromatic rings. The lowest BCUT2D eigenvalue weighted by Gasteiger charge is -2.20. The van der Waals surface area contributed by atoms with E-state index in [0.29, 0.717) is 5.95 Å². The van der Waals surface area contributed by atoms with Gasteiger partial charge in [-0.3, -0.25) is 0 Å². The molecule has 0 fully saturated rings. The van der Waals surface area contributed by atoms with Gasteiger partial charge in [-0.25, -0.2) is 9.97 Å². The predicted octanol–water partition coefficient (Wildman–Crippen LogP) is 8.66. The number of rotatable bonds is 10. The Balaban J connectivity index is 1.49. The zero-order valence-corrected chi connectivity index (χ0v) is 24.3. The summed E-state index contributed by atoms with van der Waals surface area (Å²) < 4.78 is 0. The fourth-order valence-electron chi connectivity index (χ4n) is 4.42. The third-order valence-corrected chi connectivity index (χ3v) is 6.99. The lowest BCUT2D eigenvalue weighted by atomic mass is 9.86. The van der Waals surface area contributed by atoms with Crippen molar-refractivity contribution >= 4 is 28.7 Å². The van der Waals surface area contributed by atoms with E-state index in [0.717, 1.165) is 57.3 Å². The minimum Gasteiger partial charge on any atom is -0.371 e. The van der Waals surface area contributed by atoms with Crippen LogP contribution in [0.4, 0.5) is 17.3 Å². The molecule has 0 aliphatic heterocycles. The first-order valence-corrected chi connectivity index (χ1v) is 13.4. The van der Waals surface area contributed by atoms with Gasteiger partial charge in [0.15, 0.2) is 0 Å². The molecule has 0 bridgehead atoms. The number of anilines is 3. The lowest BCUT2D eigenvalue weighted by Crippen LogP contribution is -2.15. The molecule has 5 nitrogen and oxygen atoms in total. The van der Waals surface area contributed by atoms with E-state index in [2.05, 4.69) is 104 Å². The topological polar surface area (TPSA) is 53.1 Å². The first-order valence-electron chi connectivity index (χ1n) is 13.4. The van der Waals surface area contributed by atoms with Crippen molar-refractivity contribution in [3.05, 3.63) is 127 Å². The summed E-state index contributed by atoms with van der Waals surface area (Å²) in [5.41, 5.74) is 10.2. The summed E-state index contributed by atoms with van der Waals surface area (Å²) in [5.74, 6) is 0.536. The molecule has 0 saturated carbocycles. The van der Waals surface area contributed by atoms with Crippen LogP contribution < -0.4 is 10.6 Å². The molecule has 0 amide bonds. The average molecular weight is 530 g/mol. The summed E-state index contributed by atoms with van der Waals surface area (Å²) >= 11 is 0. The van der Waals surface area contributed by atoms with Gasteiger partial charge in [0, 0.05) is 48.1 Å². The van der Waals surface area contributed by atoms with Gasteiger partial charge in [-0.15, -0.1) is 6.58 Å². The summed E-state index contributed by atoms with van der Waals surface area (Å²) in [5, 5.41) is 6.84. The fraction of sp³-hybridized carbons (Fsp3) is 0.200. The van der Waals surface area contributed by atoms with Gasteiger partial charge in [0.2, 0.25) is 5.95 Å². The molecule has 0 aliphatic rings. The second-order valence-corrected chi connectivity index (χ2v) is 11.0. The number of nitrogens with one attached hydrogen (secondary N) is 2. The SMILES string of the molecule is C=CCN(C)C(=C)c1ccc(Nc2nccc(-c3cccc(NC(=C)c4ccc(C(C)(C)C)cc4)c3C)n2)cc1. The quantitative estimate of drug-likeness (QED) is 0.201. The first-order chi connectivity index (χ1) is 19.1. The Hall–Kier alpha value is -4.64. The molecule has 0 radical (unpaired) electrons. The molecule has 5 heteroatoms. The Kier molecular flexibility index (Phi) is 8.54. The van der Waals surface area contributed by atoms with Gasteiger partial charge in [0.1, 0.15) is 0 Å². The van der Waals surface area contributed by atoms with Crippen LogP contribution in [0.15, 0.2) is 105 Å². The number of aromatic nitrogens is 2. The number of hydrogen-bond donors (Lipinski definition) is 2. The van der Waals surface area contributed by atoms with Crippen molar-refractivity contribution in [3.8, 4) is 11.3 Å². The summed E-state index contributed by atoms with van der Waals surface area (Å²) in [6.07, 6.45) is 3.64. The minimum absolute atomic E-state index is 0.115. The molecule has 0 aliphatic carbocycles. The first kappa shape index (κ1) is 28.4. The van der Waals surface area contributed by atoms with Crippen molar-refractivity contribution in [1.82, 2.24) is 14.9 Å². The summed E-state index contributed by atoms with van der Waals surface area (Å²) in [6, 6.07) is 24.8. The van der Waals surface area contributed by atoms with Crippen LogP contribution in [-0.2, 0) is 5.41 Å². The van der Waals surface area contributed by atoms with Gasteiger partial charge in [0.25, 0.3) is 0 Å². The monoisotopic (exact) mass is 529 g/mol. The predicted molar refractivity (Wildman–Crippen MR) is 172 cm³/mol. The van der Waals surface area contributed by atoms with Crippen LogP contribution in [0.1, 0.15) is 43.0 Å². The highest BCUT2D eigenvalue weighted by atomic mass is 15.1. The zero-order chi connectivity index (χ0) is 28.9. The number of hydrogen-bond acceptors (Lipinski definition) is 5. The number of benzene rings is 3. The van der Waals surface area contributed by atoms with Crippen molar-refractivity contribution in [1.29, 1.82) is 0 Å². The Morgan fingerprint density at radius 1 is 0.925 bits per heavy atom. The molecule has 0 spiro atoms. The van der Waals surface area contributed by atoms with E-state index < -0.39 is 0 Å². The Morgan fingerprint density at radius 3 is 2.25 bits per heavy atom. The smallest absolute Gasteiger partial charge is 0.227 e. The van der Waals surface area contributed by atoms with E-state index in [4.69, 9.17) is 4.98 Å². The van der Waals surface area contributed by atoms with E-state index in [-0.39, 0.29) is 5.41 Å². The van der Waals surface area contributed by atoms with Gasteiger partial charge in [0.05, 0.1) is 5.69 Å². The summed E-state index contributed by atoms with van der Waals surface area (Å²) in [6.45, 7) is 21.8. The van der Waals surface area contributed by atoms with Crippen molar-refractivity contribution < 1.29 is 0 Å². The molecule has 40 heavy (non-hydrogen) atoms. The maximum atomic E-state index is 4.81. The largest absolute Gasteiger partial charge is 0.371 e. The van der Waals surface area contributed by atoms with Crippen molar-refractivity contribution in [2.24, 2.45) is 0 Å². The minimum atomic E-state index is 0.115. The Labute approximate surface area is 239 Å². The summed E-state index contributed by atoms with van der Waals surface area (Å²) in [7, 11) is 2.00. The molecular formula is C35H39N5. The molecule has 1 heterocycles. The molecule has 0 unspecified atom stereocenters. The van der Waals surface area contributed by atoms with Crippen molar-refractivity contribution in [2.45, 2.75) is 33.1 Å². The van der Waals surface area contributed by atoms with Crippen molar-refractivity contribution in [3.63, 3.8) is 0 Å². The maximum Gasteiger partial charge on any atom is 0.227 e. The molecular weight excluding hydrogens is 490 g/mol. The molecule has 1 aromatic heterocycles. The van der Waals surface area contributed by atoms with Crippen LogP contribution in [0.2, 0.25) is 0 Å². The van der Waals surface area contributed by atoms with Crippen LogP contribution in [-0.4, -0.2) is 28.5 Å². The molecule has 0 atom stereocenters. The van der Waals surface area contributed by atoms with Gasteiger partial charge >= 0.3 is 0 Å². The van der Waals surface area contributed by atoms with E-state index in [1.165, 1.54) is 5.56 Å². The Bertz CT molecular complexity index is 1510. The van der Waals surface area contributed by atoms with Crippen molar-refractivity contribution in [2.75, 3.05) is 24.2 Å². The number of nitrogens with zero attached hydrogens (tertiary/aromatic N) is 3. The highest BCUT2D eigenvalue weighted by Crippen LogP contribution is 2.31. The van der Waals surface area contributed by atoms with Crippen LogP contribution >= 0.6 is 0 Å². The molecule has 0 saturated heterocycles. The molecule has 204 valence electrons. The van der Waals surface area contributed by atoms with E-state index in [9.17, 15) is 0 Å². The standard InChI is InChI=1S/C35H39N5/c1-9-23-40(8)26(4)28-15-19-30(20-16-28)38-34-36-22-21-33(39-34)31-11-10-12-32(24(31)2)37-25(3)27-13-17-29(18-14-27)35(5,6)7/h9-22,37H,1,3-4,23H2,2,5-8H3,(H,36,38,39). The van der Waals surface area contributed by atoms with E-state index in [1.54, 1.807) is 6.20 Å². The zero-order valence-electron chi connectivity index (χ0n) is 24.3. The summed E-state index contributed by atoms with van der Waals surface area (Å²) in [4.78, 5) is 11.3. The maximum absolute atomic E-state index is 4.81. The third-order valence-electron chi connectivity index (χ3n) is 6.99. The second-order valence-electron chi connectivity index (χ2n) is 11.0. The van der Waals surface area contributed by atoms with Gasteiger partial charge < -0.3 is 15.5 Å². The number of likely N-dealkylation sites (N-methyl/N-ethyl adjacent to an activating group) is 1. The molecule has 4 rings (SSSR count). The highest BCUT2D eigenvalue weighted by Gasteiger charge is 2.14. The van der Waals surface area contributed by atoms with Crippen LogP contribution in [0.25, 0.3) is 22.7 Å². The fourth-order valence-corrected chi connectivity index (χ4v) is 4.42. The van der Waals surface area contributed by atoms with Crippen LogP contribution in [0.3, 0.4) is 0 Å². The third kappa shape index (κ3) is 6.67. The van der Waals surface area contributed by atoms with Gasteiger partial charge in [-0.05, 0) is 58.9 Å². The van der Waals surface area contributed by atoms with Gasteiger partial charge in [-0.1, -0.05) is 88.5 Å². The second kappa shape index (κ2) is 12.0. The Morgan fingerprint density at radius 2 is 1.60 bits per heavy atom. The molecule has 3 aromatic carbocycles. The molecule has 2 N–H and O–H groups in total. The highest BCUT2D eigenvalue weighted by molar-refractivity contribution is 5.81. The van der Waals surface area contributed by atoms with Crippen LogP contribution in [0, 0.1) is 6.92 Å². The normalized spacial score (nSPS) is 11.0. The lowest BCUT2D eigenvalue weighted by molar-refractivity contribution is 0.538. The van der Waals surface area contributed by atoms with Crippen LogP contribution in [0.5, 0.6) is 0 Å². The van der Waals surface area contributed by atoms with E-state index in [1.807, 2.05) is 49.5 Å². The van der Waals surface area contributed by atoms with Gasteiger partial charge in [-0.2, -0.15) is 0 Å². The average Bonchev–Trinajstić information content (AvgIpc) is 2.94.